The highest BCUT2D eigenvalue weighted by Crippen LogP contribution is 2.23. The van der Waals surface area contributed by atoms with Crippen molar-refractivity contribution in [3.63, 3.8) is 0 Å². The Morgan fingerprint density at radius 3 is 2.85 bits per heavy atom. The number of carbonyl (C=O) groups is 2. The Morgan fingerprint density at radius 2 is 2.15 bits per heavy atom. The Kier molecular flexibility index (Phi) is 4.12. The van der Waals surface area contributed by atoms with Crippen LogP contribution in [-0.4, -0.2) is 50.4 Å². The van der Waals surface area contributed by atoms with Crippen molar-refractivity contribution >= 4 is 23.2 Å². The van der Waals surface area contributed by atoms with Crippen molar-refractivity contribution in [2.45, 2.75) is 6.42 Å². The van der Waals surface area contributed by atoms with Gasteiger partial charge in [-0.05, 0) is 24.6 Å². The van der Waals surface area contributed by atoms with Gasteiger partial charge in [0.05, 0.1) is 12.1 Å². The number of hydrogen-bond donors (Lipinski definition) is 2. The van der Waals surface area contributed by atoms with E-state index in [4.69, 9.17) is 5.73 Å². The molecule has 0 saturated carbocycles. The Hall–Kier alpha value is -2.24. The van der Waals surface area contributed by atoms with Crippen molar-refractivity contribution < 1.29 is 9.59 Å². The summed E-state index contributed by atoms with van der Waals surface area (Å²) in [6.45, 7) is 1.28. The molecule has 6 heteroatoms. The quantitative estimate of drug-likeness (QED) is 0.761. The summed E-state index contributed by atoms with van der Waals surface area (Å²) in [5, 5.41) is 2.76. The molecule has 0 aromatic heterocycles. The molecule has 0 bridgehead atoms. The van der Waals surface area contributed by atoms with Crippen molar-refractivity contribution in [1.82, 2.24) is 10.2 Å². The molecular formula is C14H20N4O2. The lowest BCUT2D eigenvalue weighted by atomic mass is 10.1. The van der Waals surface area contributed by atoms with E-state index in [0.29, 0.717) is 24.3 Å². The zero-order valence-corrected chi connectivity index (χ0v) is 11.8. The van der Waals surface area contributed by atoms with Gasteiger partial charge in [-0.1, -0.05) is 0 Å². The molecule has 1 aromatic carbocycles. The molecule has 6 nitrogen and oxygen atoms in total. The minimum atomic E-state index is -0.155. The molecule has 1 saturated heterocycles. The first kappa shape index (κ1) is 14.2. The average Bonchev–Trinajstić information content (AvgIpc) is 2.62. The van der Waals surface area contributed by atoms with Crippen LogP contribution in [0.25, 0.3) is 0 Å². The highest BCUT2D eigenvalue weighted by molar-refractivity contribution is 6.02. The molecule has 3 N–H and O–H groups in total. The van der Waals surface area contributed by atoms with Gasteiger partial charge in [0.25, 0.3) is 5.91 Å². The molecule has 0 atom stereocenters. The van der Waals surface area contributed by atoms with Crippen LogP contribution in [0.1, 0.15) is 16.8 Å². The van der Waals surface area contributed by atoms with Crippen molar-refractivity contribution in [2.24, 2.45) is 0 Å². The van der Waals surface area contributed by atoms with Crippen molar-refractivity contribution in [3.8, 4) is 0 Å². The zero-order chi connectivity index (χ0) is 14.7. The second-order valence-electron chi connectivity index (χ2n) is 5.10. The van der Waals surface area contributed by atoms with Crippen LogP contribution in [0, 0.1) is 0 Å². The van der Waals surface area contributed by atoms with Crippen LogP contribution >= 0.6 is 0 Å². The third kappa shape index (κ3) is 3.01. The first-order chi connectivity index (χ1) is 9.49. The average molecular weight is 276 g/mol. The largest absolute Gasteiger partial charge is 0.399 e. The number of nitrogens with one attached hydrogen (secondary N) is 1. The number of carbonyl (C=O) groups excluding carboxylic acids is 2. The molecule has 2 rings (SSSR count). The fourth-order valence-electron chi connectivity index (χ4n) is 2.26. The topological polar surface area (TPSA) is 78.7 Å². The number of amides is 2. The molecule has 1 aliphatic heterocycles. The second kappa shape index (κ2) is 5.81. The normalized spacial score (nSPS) is 15.5. The minimum absolute atomic E-state index is 0.0977. The molecule has 0 spiro atoms. The fraction of sp³-hybridized carbons (Fsp3) is 0.429. The van der Waals surface area contributed by atoms with E-state index in [9.17, 15) is 9.59 Å². The number of rotatable bonds is 2. The van der Waals surface area contributed by atoms with Gasteiger partial charge in [0.1, 0.15) is 0 Å². The Balaban J connectivity index is 2.32. The van der Waals surface area contributed by atoms with Crippen LogP contribution in [0.15, 0.2) is 18.2 Å². The fourth-order valence-corrected chi connectivity index (χ4v) is 2.26. The van der Waals surface area contributed by atoms with E-state index < -0.39 is 0 Å². The van der Waals surface area contributed by atoms with Crippen molar-refractivity contribution in [1.29, 1.82) is 0 Å². The van der Waals surface area contributed by atoms with Crippen LogP contribution in [0.3, 0.4) is 0 Å². The number of nitrogens with zero attached hydrogens (tertiary/aromatic N) is 2. The van der Waals surface area contributed by atoms with Crippen LogP contribution in [-0.2, 0) is 4.79 Å². The van der Waals surface area contributed by atoms with Crippen LogP contribution in [0.2, 0.25) is 0 Å². The summed E-state index contributed by atoms with van der Waals surface area (Å²) < 4.78 is 0. The number of nitrogen functional groups attached to an aromatic ring is 1. The maximum atomic E-state index is 12.6. The number of benzene rings is 1. The van der Waals surface area contributed by atoms with E-state index in [1.807, 2.05) is 25.1 Å². The van der Waals surface area contributed by atoms with Crippen LogP contribution in [0.5, 0.6) is 0 Å². The molecule has 0 unspecified atom stereocenters. The maximum Gasteiger partial charge on any atom is 0.256 e. The zero-order valence-electron chi connectivity index (χ0n) is 11.8. The van der Waals surface area contributed by atoms with Crippen LogP contribution in [0.4, 0.5) is 11.4 Å². The SMILES string of the molecule is CN(C)c1ccc(N)cc1C(=O)N1CCCNC(=O)C1. The summed E-state index contributed by atoms with van der Waals surface area (Å²) >= 11 is 0. The molecule has 1 fully saturated rings. The highest BCUT2D eigenvalue weighted by atomic mass is 16.2. The van der Waals surface area contributed by atoms with E-state index in [2.05, 4.69) is 5.32 Å². The molecule has 2 amide bonds. The lowest BCUT2D eigenvalue weighted by Crippen LogP contribution is -2.38. The maximum absolute atomic E-state index is 12.6. The monoisotopic (exact) mass is 276 g/mol. The molecule has 1 aliphatic rings. The van der Waals surface area contributed by atoms with E-state index >= 15 is 0 Å². The number of hydrogen-bond acceptors (Lipinski definition) is 4. The molecule has 0 aliphatic carbocycles. The van der Waals surface area contributed by atoms with E-state index in [1.165, 1.54) is 0 Å². The lowest BCUT2D eigenvalue weighted by molar-refractivity contribution is -0.121. The molecule has 108 valence electrons. The molecule has 0 radical (unpaired) electrons. The van der Waals surface area contributed by atoms with Crippen molar-refractivity contribution in [3.05, 3.63) is 23.8 Å². The second-order valence-corrected chi connectivity index (χ2v) is 5.10. The third-order valence-corrected chi connectivity index (χ3v) is 3.28. The van der Waals surface area contributed by atoms with Gasteiger partial charge in [-0.15, -0.1) is 0 Å². The molecule has 1 heterocycles. The Morgan fingerprint density at radius 1 is 1.40 bits per heavy atom. The van der Waals surface area contributed by atoms with Gasteiger partial charge >= 0.3 is 0 Å². The summed E-state index contributed by atoms with van der Waals surface area (Å²) in [5.41, 5.74) is 7.66. The van der Waals surface area contributed by atoms with Gasteiger partial charge in [-0.25, -0.2) is 0 Å². The summed E-state index contributed by atoms with van der Waals surface area (Å²) in [4.78, 5) is 27.7. The predicted octanol–water partition coefficient (Wildman–Crippen LogP) is 0.297. The summed E-state index contributed by atoms with van der Waals surface area (Å²) in [5.74, 6) is -0.274. The van der Waals surface area contributed by atoms with Gasteiger partial charge in [0.15, 0.2) is 0 Å². The smallest absolute Gasteiger partial charge is 0.256 e. The van der Waals surface area contributed by atoms with E-state index in [-0.39, 0.29) is 18.4 Å². The third-order valence-electron chi connectivity index (χ3n) is 3.28. The van der Waals surface area contributed by atoms with Crippen LogP contribution < -0.4 is 16.0 Å². The van der Waals surface area contributed by atoms with Gasteiger partial charge in [0, 0.05) is 38.6 Å². The molecule has 20 heavy (non-hydrogen) atoms. The summed E-state index contributed by atoms with van der Waals surface area (Å²) in [6, 6.07) is 5.25. The highest BCUT2D eigenvalue weighted by Gasteiger charge is 2.23. The van der Waals surface area contributed by atoms with Gasteiger partial charge < -0.3 is 20.9 Å². The summed E-state index contributed by atoms with van der Waals surface area (Å²) in [6.07, 6.45) is 0.761. The molecule has 1 aromatic rings. The van der Waals surface area contributed by atoms with E-state index in [0.717, 1.165) is 12.1 Å². The summed E-state index contributed by atoms with van der Waals surface area (Å²) in [7, 11) is 3.74. The van der Waals surface area contributed by atoms with E-state index in [1.54, 1.807) is 17.0 Å². The van der Waals surface area contributed by atoms with Gasteiger partial charge in [-0.3, -0.25) is 9.59 Å². The van der Waals surface area contributed by atoms with Gasteiger partial charge in [-0.2, -0.15) is 0 Å². The Labute approximate surface area is 118 Å². The van der Waals surface area contributed by atoms with Crippen molar-refractivity contribution in [2.75, 3.05) is 44.4 Å². The number of nitrogens with two attached hydrogens (primary N) is 1. The van der Waals surface area contributed by atoms with Gasteiger partial charge in [0.2, 0.25) is 5.91 Å². The lowest BCUT2D eigenvalue weighted by Gasteiger charge is -2.23. The number of anilines is 2. The molecular weight excluding hydrogens is 256 g/mol. The Bertz CT molecular complexity index is 528. The minimum Gasteiger partial charge on any atom is -0.399 e. The predicted molar refractivity (Wildman–Crippen MR) is 78.7 cm³/mol. The first-order valence-electron chi connectivity index (χ1n) is 6.62. The standard InChI is InChI=1S/C14H20N4O2/c1-17(2)12-5-4-10(15)8-11(12)14(20)18-7-3-6-16-13(19)9-18/h4-5,8H,3,6-7,9,15H2,1-2H3,(H,16,19). The first-order valence-corrected chi connectivity index (χ1v) is 6.62.